The highest BCUT2D eigenvalue weighted by Crippen LogP contribution is 2.51. The van der Waals surface area contributed by atoms with Crippen molar-refractivity contribution in [1.82, 2.24) is 5.16 Å². The second-order valence-electron chi connectivity index (χ2n) is 4.78. The molecule has 23 heavy (non-hydrogen) atoms. The molecule has 0 saturated carbocycles. The van der Waals surface area contributed by atoms with Crippen molar-refractivity contribution in [3.05, 3.63) is 17.0 Å². The van der Waals surface area contributed by atoms with Crippen LogP contribution in [0.25, 0.3) is 0 Å². The number of rotatable bonds is 3. The summed E-state index contributed by atoms with van der Waals surface area (Å²) in [6.07, 6.45) is -0.631. The zero-order valence-corrected chi connectivity index (χ0v) is 12.8. The van der Waals surface area contributed by atoms with Gasteiger partial charge in [-0.05, 0) is 0 Å². The Labute approximate surface area is 130 Å². The largest absolute Gasteiger partial charge is 0.465 e. The van der Waals surface area contributed by atoms with Gasteiger partial charge >= 0.3 is 17.9 Å². The third-order valence-electron chi connectivity index (χ3n) is 3.75. The smallest absolute Gasteiger partial charge is 0.379 e. The van der Waals surface area contributed by atoms with Gasteiger partial charge in [0.25, 0.3) is 5.76 Å². The molecular formula is C13H13N3O7. The normalized spacial score (nSPS) is 18.2. The van der Waals surface area contributed by atoms with Gasteiger partial charge in [-0.25, -0.2) is 14.4 Å². The van der Waals surface area contributed by atoms with E-state index in [4.69, 9.17) is 14.0 Å². The molecule has 0 N–H and O–H groups in total. The fourth-order valence-electron chi connectivity index (χ4n) is 2.74. The number of hydrogen-bond acceptors (Lipinski definition) is 10. The first-order valence-electron chi connectivity index (χ1n) is 6.48. The van der Waals surface area contributed by atoms with E-state index in [0.29, 0.717) is 5.69 Å². The maximum Gasteiger partial charge on any atom is 0.379 e. The van der Waals surface area contributed by atoms with E-state index in [9.17, 15) is 14.4 Å². The standard InChI is InChI=1S/C13H13N3O7/c1-15-7-8(13(19)22-4)23-14-9(7)16-6(12(18)21-3)5(10(15)16)11(17)20-2/h10H,1-4H3. The zero-order valence-electron chi connectivity index (χ0n) is 12.8. The van der Waals surface area contributed by atoms with Crippen LogP contribution in [0.2, 0.25) is 0 Å². The fourth-order valence-corrected chi connectivity index (χ4v) is 2.74. The van der Waals surface area contributed by atoms with Crippen LogP contribution in [-0.4, -0.2) is 57.6 Å². The van der Waals surface area contributed by atoms with Crippen molar-refractivity contribution < 1.29 is 33.1 Å². The Balaban J connectivity index is 2.11. The first-order chi connectivity index (χ1) is 11.0. The number of esters is 3. The lowest BCUT2D eigenvalue weighted by atomic mass is 10.00. The number of ether oxygens (including phenoxy) is 3. The molecular weight excluding hydrogens is 310 g/mol. The molecule has 3 heterocycles. The van der Waals surface area contributed by atoms with Crippen LogP contribution >= 0.6 is 0 Å². The molecule has 0 amide bonds. The fraction of sp³-hybridized carbons (Fsp3) is 0.385. The van der Waals surface area contributed by atoms with E-state index < -0.39 is 24.1 Å². The molecule has 2 aliphatic rings. The van der Waals surface area contributed by atoms with Gasteiger partial charge in [-0.1, -0.05) is 5.16 Å². The number of aromatic nitrogens is 1. The van der Waals surface area contributed by atoms with Gasteiger partial charge in [-0.15, -0.1) is 0 Å². The van der Waals surface area contributed by atoms with E-state index in [2.05, 4.69) is 9.89 Å². The zero-order chi connectivity index (χ0) is 16.9. The average molecular weight is 323 g/mol. The quantitative estimate of drug-likeness (QED) is 0.540. The van der Waals surface area contributed by atoms with E-state index in [1.807, 2.05) is 0 Å². The number of nitrogens with zero attached hydrogens (tertiary/aromatic N) is 3. The molecule has 1 unspecified atom stereocenters. The molecule has 2 aliphatic heterocycles. The van der Waals surface area contributed by atoms with Crippen LogP contribution in [0, 0.1) is 0 Å². The molecule has 1 aromatic heterocycles. The predicted molar refractivity (Wildman–Crippen MR) is 73.6 cm³/mol. The summed E-state index contributed by atoms with van der Waals surface area (Å²) >= 11 is 0. The molecule has 122 valence electrons. The van der Waals surface area contributed by atoms with E-state index >= 15 is 0 Å². The number of fused-ring (bicyclic) bond motifs is 3. The van der Waals surface area contributed by atoms with Gasteiger partial charge in [-0.2, -0.15) is 0 Å². The van der Waals surface area contributed by atoms with Crippen molar-refractivity contribution in [1.29, 1.82) is 0 Å². The lowest BCUT2D eigenvalue weighted by molar-refractivity contribution is -0.140. The van der Waals surface area contributed by atoms with Crippen LogP contribution in [0.4, 0.5) is 11.5 Å². The summed E-state index contributed by atoms with van der Waals surface area (Å²) in [6, 6.07) is 0. The van der Waals surface area contributed by atoms with Crippen molar-refractivity contribution in [3.8, 4) is 0 Å². The highest BCUT2D eigenvalue weighted by molar-refractivity contribution is 6.12. The number of methoxy groups -OCH3 is 3. The molecule has 1 atom stereocenters. The Morgan fingerprint density at radius 2 is 1.65 bits per heavy atom. The van der Waals surface area contributed by atoms with Gasteiger partial charge in [0, 0.05) is 7.05 Å². The number of carbonyl (C=O) groups excluding carboxylic acids is 3. The van der Waals surface area contributed by atoms with Gasteiger partial charge in [0.05, 0.1) is 21.3 Å². The van der Waals surface area contributed by atoms with Crippen molar-refractivity contribution in [3.63, 3.8) is 0 Å². The Morgan fingerprint density at radius 1 is 1.04 bits per heavy atom. The predicted octanol–water partition coefficient (Wildman–Crippen LogP) is -0.343. The molecule has 0 aliphatic carbocycles. The third-order valence-corrected chi connectivity index (χ3v) is 3.75. The summed E-state index contributed by atoms with van der Waals surface area (Å²) < 4.78 is 19.0. The highest BCUT2D eigenvalue weighted by atomic mass is 16.6. The van der Waals surface area contributed by atoms with Crippen LogP contribution in [0.15, 0.2) is 15.8 Å². The minimum atomic E-state index is -0.717. The van der Waals surface area contributed by atoms with Crippen LogP contribution in [0.3, 0.4) is 0 Å². The number of likely N-dealkylation sites (N-methyl/N-ethyl adjacent to an activating group) is 1. The lowest BCUT2D eigenvalue weighted by Gasteiger charge is -2.40. The molecule has 0 spiro atoms. The maximum absolute atomic E-state index is 12.0. The average Bonchev–Trinajstić information content (AvgIpc) is 3.04. The first-order valence-corrected chi connectivity index (χ1v) is 6.48. The van der Waals surface area contributed by atoms with E-state index in [1.54, 1.807) is 11.9 Å². The Kier molecular flexibility index (Phi) is 3.24. The van der Waals surface area contributed by atoms with Crippen LogP contribution in [0.1, 0.15) is 10.6 Å². The van der Waals surface area contributed by atoms with Crippen LogP contribution < -0.4 is 9.80 Å². The summed E-state index contributed by atoms with van der Waals surface area (Å²) in [6.45, 7) is 0. The topological polar surface area (TPSA) is 111 Å². The Hall–Kier alpha value is -3.04. The molecule has 0 bridgehead atoms. The highest BCUT2D eigenvalue weighted by Gasteiger charge is 2.57. The summed E-state index contributed by atoms with van der Waals surface area (Å²) in [5.41, 5.74) is 0.442. The Bertz CT molecular complexity index is 751. The van der Waals surface area contributed by atoms with Crippen molar-refractivity contribution in [2.24, 2.45) is 0 Å². The molecule has 10 heteroatoms. The van der Waals surface area contributed by atoms with Gasteiger partial charge in [0.2, 0.25) is 5.82 Å². The van der Waals surface area contributed by atoms with E-state index in [0.717, 1.165) is 0 Å². The lowest BCUT2D eigenvalue weighted by Crippen LogP contribution is -2.56. The summed E-state index contributed by atoms with van der Waals surface area (Å²) in [5.74, 6) is -1.99. The molecule has 10 nitrogen and oxygen atoms in total. The Morgan fingerprint density at radius 3 is 2.22 bits per heavy atom. The molecule has 0 fully saturated rings. The second kappa shape index (κ2) is 5.00. The van der Waals surface area contributed by atoms with Crippen LogP contribution in [-0.2, 0) is 23.8 Å². The summed E-state index contributed by atoms with van der Waals surface area (Å²) in [7, 11) is 5.24. The number of carbonyl (C=O) groups is 3. The van der Waals surface area contributed by atoms with Gasteiger partial charge in [0.1, 0.15) is 23.1 Å². The SMILES string of the molecule is COC(=O)C1=C(C(=O)OC)N2c3noc(C(=O)OC)c3N(C)C12. The first kappa shape index (κ1) is 14.9. The summed E-state index contributed by atoms with van der Waals surface area (Å²) in [5, 5.41) is 3.80. The number of hydrogen-bond donors (Lipinski definition) is 0. The van der Waals surface area contributed by atoms with Crippen molar-refractivity contribution in [2.75, 3.05) is 38.2 Å². The molecule has 3 rings (SSSR count). The molecule has 0 saturated heterocycles. The van der Waals surface area contributed by atoms with Gasteiger partial charge in [-0.3, -0.25) is 4.90 Å². The maximum atomic E-state index is 12.0. The number of anilines is 2. The van der Waals surface area contributed by atoms with Gasteiger partial charge in [0.15, 0.2) is 0 Å². The van der Waals surface area contributed by atoms with Crippen molar-refractivity contribution in [2.45, 2.75) is 6.17 Å². The monoisotopic (exact) mass is 323 g/mol. The van der Waals surface area contributed by atoms with E-state index in [-0.39, 0.29) is 22.8 Å². The van der Waals surface area contributed by atoms with Gasteiger partial charge < -0.3 is 23.6 Å². The summed E-state index contributed by atoms with van der Waals surface area (Å²) in [4.78, 5) is 38.8. The second-order valence-corrected chi connectivity index (χ2v) is 4.78. The molecule has 0 aromatic carbocycles. The van der Waals surface area contributed by atoms with E-state index in [1.165, 1.54) is 26.2 Å². The molecule has 0 radical (unpaired) electrons. The van der Waals surface area contributed by atoms with Crippen molar-refractivity contribution >= 4 is 29.4 Å². The minimum absolute atomic E-state index is 0.000309. The van der Waals surface area contributed by atoms with Crippen LogP contribution in [0.5, 0.6) is 0 Å². The minimum Gasteiger partial charge on any atom is -0.465 e. The third kappa shape index (κ3) is 1.74. The molecule has 1 aromatic rings.